The number of thioether (sulfide) groups is 1. The molecule has 1 N–H and O–H groups in total. The van der Waals surface area contributed by atoms with Crippen LogP contribution in [0.15, 0.2) is 65.0 Å². The first-order valence-corrected chi connectivity index (χ1v) is 9.51. The molecule has 0 atom stereocenters. The number of carbonyl (C=O) groups is 2. The molecule has 0 aromatic heterocycles. The number of amides is 1. The highest BCUT2D eigenvalue weighted by atomic mass is 32.2. The molecule has 29 heavy (non-hydrogen) atoms. The van der Waals surface area contributed by atoms with Gasteiger partial charge in [-0.1, -0.05) is 18.2 Å². The summed E-state index contributed by atoms with van der Waals surface area (Å²) in [5.41, 5.74) is 1.39. The number of nitrogens with zero attached hydrogens (tertiary/aromatic N) is 2. The van der Waals surface area contributed by atoms with E-state index in [0.717, 1.165) is 5.56 Å². The van der Waals surface area contributed by atoms with Gasteiger partial charge in [0.2, 0.25) is 6.79 Å². The number of aromatic carboxylic acids is 1. The molecule has 2 aromatic carbocycles. The van der Waals surface area contributed by atoms with E-state index in [1.165, 1.54) is 28.8 Å². The van der Waals surface area contributed by atoms with Crippen LogP contribution in [-0.4, -0.2) is 40.4 Å². The Morgan fingerprint density at radius 2 is 2.07 bits per heavy atom. The summed E-state index contributed by atoms with van der Waals surface area (Å²) >= 11 is 1.22. The number of hydrogen-bond acceptors (Lipinski definition) is 6. The van der Waals surface area contributed by atoms with Crippen LogP contribution < -0.4 is 9.47 Å². The van der Waals surface area contributed by atoms with Crippen LogP contribution in [0, 0.1) is 0 Å². The highest BCUT2D eigenvalue weighted by molar-refractivity contribution is 8.18. The largest absolute Gasteiger partial charge is 0.478 e. The van der Waals surface area contributed by atoms with Crippen molar-refractivity contribution in [2.75, 3.05) is 13.3 Å². The van der Waals surface area contributed by atoms with Gasteiger partial charge in [-0.25, -0.2) is 9.79 Å². The summed E-state index contributed by atoms with van der Waals surface area (Å²) in [5.74, 6) is 0.0813. The van der Waals surface area contributed by atoms with Crippen LogP contribution in [0.25, 0.3) is 6.08 Å². The van der Waals surface area contributed by atoms with Gasteiger partial charge in [-0.05, 0) is 53.7 Å². The van der Waals surface area contributed by atoms with Crippen LogP contribution in [0.3, 0.4) is 0 Å². The molecule has 0 bridgehead atoms. The fourth-order valence-electron chi connectivity index (χ4n) is 2.85. The SMILES string of the molecule is C=CCN1C(=O)/C(=C/c2ccc3c(c2)OCO3)SC1=Nc1cccc(C(=O)O)c1. The first kappa shape index (κ1) is 18.8. The molecule has 1 fully saturated rings. The maximum Gasteiger partial charge on any atom is 0.335 e. The van der Waals surface area contributed by atoms with Gasteiger partial charge in [-0.2, -0.15) is 0 Å². The van der Waals surface area contributed by atoms with E-state index >= 15 is 0 Å². The second kappa shape index (κ2) is 7.84. The van der Waals surface area contributed by atoms with Crippen molar-refractivity contribution in [2.45, 2.75) is 0 Å². The predicted molar refractivity (Wildman–Crippen MR) is 111 cm³/mol. The smallest absolute Gasteiger partial charge is 0.335 e. The van der Waals surface area contributed by atoms with Crippen molar-refractivity contribution in [3.63, 3.8) is 0 Å². The number of carbonyl (C=O) groups excluding carboxylic acids is 1. The molecule has 8 heteroatoms. The van der Waals surface area contributed by atoms with Crippen molar-refractivity contribution >= 4 is 40.6 Å². The first-order valence-electron chi connectivity index (χ1n) is 8.69. The number of fused-ring (bicyclic) bond motifs is 1. The highest BCUT2D eigenvalue weighted by Gasteiger charge is 2.32. The summed E-state index contributed by atoms with van der Waals surface area (Å²) in [6.45, 7) is 4.18. The third-order valence-corrected chi connectivity index (χ3v) is 5.22. The van der Waals surface area contributed by atoms with Crippen LogP contribution in [0.5, 0.6) is 11.5 Å². The van der Waals surface area contributed by atoms with E-state index in [-0.39, 0.29) is 18.3 Å². The first-order chi connectivity index (χ1) is 14.0. The molecule has 0 saturated carbocycles. The van der Waals surface area contributed by atoms with E-state index in [9.17, 15) is 9.59 Å². The van der Waals surface area contributed by atoms with E-state index in [1.54, 1.807) is 30.4 Å². The van der Waals surface area contributed by atoms with Crippen molar-refractivity contribution in [2.24, 2.45) is 4.99 Å². The van der Waals surface area contributed by atoms with Crippen LogP contribution in [0.4, 0.5) is 5.69 Å². The normalized spacial score (nSPS) is 17.9. The number of benzene rings is 2. The van der Waals surface area contributed by atoms with Crippen LogP contribution in [0.2, 0.25) is 0 Å². The van der Waals surface area contributed by atoms with E-state index in [1.807, 2.05) is 12.1 Å². The number of aliphatic imine (C=N–C) groups is 1. The molecule has 2 aromatic rings. The van der Waals surface area contributed by atoms with E-state index in [0.29, 0.717) is 33.8 Å². The van der Waals surface area contributed by atoms with Crippen LogP contribution >= 0.6 is 11.8 Å². The molecule has 4 rings (SSSR count). The van der Waals surface area contributed by atoms with Crippen LogP contribution in [-0.2, 0) is 4.79 Å². The average molecular weight is 408 g/mol. The molecule has 0 unspecified atom stereocenters. The Morgan fingerprint density at radius 1 is 1.24 bits per heavy atom. The Morgan fingerprint density at radius 3 is 2.86 bits per heavy atom. The molecule has 7 nitrogen and oxygen atoms in total. The average Bonchev–Trinajstić information content (AvgIpc) is 3.28. The lowest BCUT2D eigenvalue weighted by molar-refractivity contribution is -0.121. The summed E-state index contributed by atoms with van der Waals surface area (Å²) in [4.78, 5) is 30.5. The zero-order chi connectivity index (χ0) is 20.4. The minimum atomic E-state index is -1.03. The zero-order valence-corrected chi connectivity index (χ0v) is 16.0. The van der Waals surface area contributed by atoms with Gasteiger partial charge in [-0.3, -0.25) is 9.69 Å². The van der Waals surface area contributed by atoms with Crippen molar-refractivity contribution in [1.82, 2.24) is 4.90 Å². The fraction of sp³-hybridized carbons (Fsp3) is 0.0952. The van der Waals surface area contributed by atoms with Crippen molar-refractivity contribution < 1.29 is 24.2 Å². The number of hydrogen-bond donors (Lipinski definition) is 1. The topological polar surface area (TPSA) is 88.4 Å². The Kier molecular flexibility index (Phi) is 5.09. The van der Waals surface area contributed by atoms with Gasteiger partial charge in [0.1, 0.15) is 0 Å². The molecule has 146 valence electrons. The lowest BCUT2D eigenvalue weighted by atomic mass is 10.2. The molecule has 1 saturated heterocycles. The maximum absolute atomic E-state index is 12.9. The van der Waals surface area contributed by atoms with Gasteiger partial charge in [0.15, 0.2) is 16.7 Å². The Balaban J connectivity index is 1.66. The van der Waals surface area contributed by atoms with Crippen molar-refractivity contribution in [3.05, 3.63) is 71.2 Å². The summed E-state index contributed by atoms with van der Waals surface area (Å²) in [6, 6.07) is 11.7. The molecule has 0 aliphatic carbocycles. The van der Waals surface area contributed by atoms with Gasteiger partial charge >= 0.3 is 5.97 Å². The van der Waals surface area contributed by atoms with Crippen molar-refractivity contribution in [3.8, 4) is 11.5 Å². The van der Waals surface area contributed by atoms with Gasteiger partial charge in [0, 0.05) is 6.54 Å². The molecule has 2 aliphatic rings. The molecule has 0 radical (unpaired) electrons. The summed E-state index contributed by atoms with van der Waals surface area (Å²) < 4.78 is 10.7. The Bertz CT molecular complexity index is 1080. The molecule has 2 heterocycles. The van der Waals surface area contributed by atoms with Gasteiger partial charge in [0.05, 0.1) is 16.2 Å². The Labute approximate surface area is 171 Å². The number of amidine groups is 1. The van der Waals surface area contributed by atoms with E-state index in [4.69, 9.17) is 14.6 Å². The van der Waals surface area contributed by atoms with Gasteiger partial charge in [-0.15, -0.1) is 6.58 Å². The third-order valence-electron chi connectivity index (χ3n) is 4.21. The number of rotatable bonds is 5. The molecule has 0 spiro atoms. The maximum atomic E-state index is 12.9. The zero-order valence-electron chi connectivity index (χ0n) is 15.2. The fourth-order valence-corrected chi connectivity index (χ4v) is 3.86. The molecular weight excluding hydrogens is 392 g/mol. The second-order valence-corrected chi connectivity index (χ2v) is 7.19. The van der Waals surface area contributed by atoms with Crippen molar-refractivity contribution in [1.29, 1.82) is 0 Å². The minimum Gasteiger partial charge on any atom is -0.478 e. The molecule has 2 aliphatic heterocycles. The summed E-state index contributed by atoms with van der Waals surface area (Å²) in [7, 11) is 0. The minimum absolute atomic E-state index is 0.132. The number of ether oxygens (including phenoxy) is 2. The number of carboxylic acids is 1. The standard InChI is InChI=1S/C21H16N2O5S/c1-2-8-23-19(24)18(10-13-6-7-16-17(9-13)28-12-27-16)29-21(23)22-15-5-3-4-14(11-15)20(25)26/h2-7,9-11H,1,8,12H2,(H,25,26)/b18-10-,22-21?. The third kappa shape index (κ3) is 3.88. The summed E-state index contributed by atoms with van der Waals surface area (Å²) in [5, 5.41) is 9.62. The lowest BCUT2D eigenvalue weighted by Crippen LogP contribution is -2.29. The highest BCUT2D eigenvalue weighted by Crippen LogP contribution is 2.37. The van der Waals surface area contributed by atoms with Gasteiger partial charge in [0.25, 0.3) is 5.91 Å². The van der Waals surface area contributed by atoms with Gasteiger partial charge < -0.3 is 14.6 Å². The second-order valence-electron chi connectivity index (χ2n) is 6.18. The molecule has 1 amide bonds. The Hall–Kier alpha value is -3.52. The molecular formula is C21H16N2O5S. The predicted octanol–water partition coefficient (Wildman–Crippen LogP) is 3.90. The summed E-state index contributed by atoms with van der Waals surface area (Å²) in [6.07, 6.45) is 3.38. The van der Waals surface area contributed by atoms with E-state index in [2.05, 4.69) is 11.6 Å². The number of carboxylic acid groups (broad SMARTS) is 1. The monoisotopic (exact) mass is 408 g/mol. The van der Waals surface area contributed by atoms with E-state index < -0.39 is 5.97 Å². The van der Waals surface area contributed by atoms with Crippen LogP contribution in [0.1, 0.15) is 15.9 Å². The lowest BCUT2D eigenvalue weighted by Gasteiger charge is -2.12. The quantitative estimate of drug-likeness (QED) is 0.596.